The number of rotatable bonds is 7. The standard InChI is InChI=1S/C12H17NO4S2/c1-9(8-18-2)7-13-19(16,17)11-5-3-10(4-6-11)12(14)15/h3-6,9,13H,7-8H2,1-2H3,(H,14,15). The molecule has 2 N–H and O–H groups in total. The van der Waals surface area contributed by atoms with Gasteiger partial charge in [-0.1, -0.05) is 6.92 Å². The SMILES string of the molecule is CSCC(C)CNS(=O)(=O)c1ccc(C(=O)O)cc1. The molecule has 0 saturated heterocycles. The van der Waals surface area contributed by atoms with Crippen LogP contribution in [0.25, 0.3) is 0 Å². The van der Waals surface area contributed by atoms with Gasteiger partial charge < -0.3 is 5.11 Å². The average molecular weight is 303 g/mol. The molecule has 19 heavy (non-hydrogen) atoms. The highest BCUT2D eigenvalue weighted by Gasteiger charge is 2.15. The summed E-state index contributed by atoms with van der Waals surface area (Å²) in [7, 11) is -3.57. The van der Waals surface area contributed by atoms with Gasteiger partial charge in [-0.15, -0.1) is 0 Å². The Bertz CT molecular complexity index is 525. The zero-order valence-electron chi connectivity index (χ0n) is 10.8. The van der Waals surface area contributed by atoms with Gasteiger partial charge in [-0.25, -0.2) is 17.9 Å². The molecule has 0 aliphatic rings. The minimum Gasteiger partial charge on any atom is -0.478 e. The van der Waals surface area contributed by atoms with Crippen molar-refractivity contribution in [2.45, 2.75) is 11.8 Å². The van der Waals surface area contributed by atoms with Crippen LogP contribution in [0.3, 0.4) is 0 Å². The quantitative estimate of drug-likeness (QED) is 0.800. The molecular weight excluding hydrogens is 286 g/mol. The largest absolute Gasteiger partial charge is 0.478 e. The zero-order chi connectivity index (χ0) is 14.5. The molecule has 1 aromatic carbocycles. The van der Waals surface area contributed by atoms with Gasteiger partial charge in [0.15, 0.2) is 0 Å². The van der Waals surface area contributed by atoms with Gasteiger partial charge in [0.05, 0.1) is 10.5 Å². The van der Waals surface area contributed by atoms with E-state index < -0.39 is 16.0 Å². The molecule has 1 unspecified atom stereocenters. The van der Waals surface area contributed by atoms with E-state index >= 15 is 0 Å². The molecule has 0 bridgehead atoms. The van der Waals surface area contributed by atoms with Crippen molar-refractivity contribution in [3.8, 4) is 0 Å². The molecule has 106 valence electrons. The molecule has 0 aliphatic heterocycles. The third-order valence-corrected chi connectivity index (χ3v) is 4.83. The smallest absolute Gasteiger partial charge is 0.335 e. The Hall–Kier alpha value is -1.05. The highest BCUT2D eigenvalue weighted by Crippen LogP contribution is 2.11. The predicted octanol–water partition coefficient (Wildman–Crippen LogP) is 1.66. The Balaban J connectivity index is 2.74. The molecule has 0 amide bonds. The zero-order valence-corrected chi connectivity index (χ0v) is 12.4. The Morgan fingerprint density at radius 3 is 2.42 bits per heavy atom. The topological polar surface area (TPSA) is 83.5 Å². The molecule has 0 radical (unpaired) electrons. The van der Waals surface area contributed by atoms with Crippen LogP contribution in [0, 0.1) is 5.92 Å². The number of carboxylic acid groups (broad SMARTS) is 1. The van der Waals surface area contributed by atoms with Crippen LogP contribution in [0.1, 0.15) is 17.3 Å². The van der Waals surface area contributed by atoms with Gasteiger partial charge in [0.25, 0.3) is 0 Å². The van der Waals surface area contributed by atoms with Crippen LogP contribution in [0.15, 0.2) is 29.2 Å². The number of nitrogens with one attached hydrogen (secondary N) is 1. The van der Waals surface area contributed by atoms with Crippen molar-refractivity contribution in [3.05, 3.63) is 29.8 Å². The number of benzene rings is 1. The molecule has 5 nitrogen and oxygen atoms in total. The third-order valence-electron chi connectivity index (χ3n) is 2.48. The first-order chi connectivity index (χ1) is 8.86. The highest BCUT2D eigenvalue weighted by atomic mass is 32.2. The van der Waals surface area contributed by atoms with Crippen molar-refractivity contribution in [2.24, 2.45) is 5.92 Å². The van der Waals surface area contributed by atoms with Crippen molar-refractivity contribution in [1.82, 2.24) is 4.72 Å². The molecule has 0 aromatic heterocycles. The van der Waals surface area contributed by atoms with Gasteiger partial charge in [0, 0.05) is 6.54 Å². The van der Waals surface area contributed by atoms with Gasteiger partial charge in [-0.2, -0.15) is 11.8 Å². The van der Waals surface area contributed by atoms with Gasteiger partial charge >= 0.3 is 5.97 Å². The number of aromatic carboxylic acids is 1. The summed E-state index contributed by atoms with van der Waals surface area (Å²) in [6, 6.07) is 5.15. The monoisotopic (exact) mass is 303 g/mol. The lowest BCUT2D eigenvalue weighted by atomic mass is 10.2. The number of carbonyl (C=O) groups is 1. The van der Waals surface area contributed by atoms with E-state index in [9.17, 15) is 13.2 Å². The minimum absolute atomic E-state index is 0.0645. The van der Waals surface area contributed by atoms with E-state index in [1.807, 2.05) is 13.2 Å². The maximum atomic E-state index is 12.0. The highest BCUT2D eigenvalue weighted by molar-refractivity contribution is 7.98. The number of sulfonamides is 1. The fraction of sp³-hybridized carbons (Fsp3) is 0.417. The minimum atomic E-state index is -3.57. The molecular formula is C12H17NO4S2. The second kappa shape index (κ2) is 6.93. The number of hydrogen-bond acceptors (Lipinski definition) is 4. The fourth-order valence-corrected chi connectivity index (χ4v) is 3.31. The number of carboxylic acids is 1. The van der Waals surface area contributed by atoms with Gasteiger partial charge in [0.2, 0.25) is 10.0 Å². The summed E-state index contributed by atoms with van der Waals surface area (Å²) >= 11 is 1.66. The van der Waals surface area contributed by atoms with Crippen molar-refractivity contribution < 1.29 is 18.3 Å². The van der Waals surface area contributed by atoms with E-state index in [-0.39, 0.29) is 16.4 Å². The molecule has 7 heteroatoms. The summed E-state index contributed by atoms with van der Waals surface area (Å²) in [5.41, 5.74) is 0.0645. The van der Waals surface area contributed by atoms with Crippen LogP contribution in [0.4, 0.5) is 0 Å². The number of hydrogen-bond donors (Lipinski definition) is 2. The third kappa shape index (κ3) is 4.85. The van der Waals surface area contributed by atoms with Crippen molar-refractivity contribution in [2.75, 3.05) is 18.6 Å². The van der Waals surface area contributed by atoms with Crippen molar-refractivity contribution in [1.29, 1.82) is 0 Å². The lowest BCUT2D eigenvalue weighted by molar-refractivity contribution is 0.0696. The van der Waals surface area contributed by atoms with Crippen LogP contribution < -0.4 is 4.72 Å². The molecule has 0 saturated carbocycles. The van der Waals surface area contributed by atoms with Crippen LogP contribution >= 0.6 is 11.8 Å². The summed E-state index contributed by atoms with van der Waals surface area (Å²) in [6.07, 6.45) is 1.97. The lowest BCUT2D eigenvalue weighted by Gasteiger charge is -2.11. The van der Waals surface area contributed by atoms with Crippen LogP contribution in [-0.2, 0) is 10.0 Å². The summed E-state index contributed by atoms with van der Waals surface area (Å²) in [4.78, 5) is 10.8. The fourth-order valence-electron chi connectivity index (χ4n) is 1.46. The maximum Gasteiger partial charge on any atom is 0.335 e. The maximum absolute atomic E-state index is 12.0. The predicted molar refractivity (Wildman–Crippen MR) is 76.1 cm³/mol. The van der Waals surface area contributed by atoms with E-state index in [4.69, 9.17) is 5.11 Å². The first kappa shape index (κ1) is 16.0. The summed E-state index contributed by atoms with van der Waals surface area (Å²) < 4.78 is 26.4. The van der Waals surface area contributed by atoms with Crippen molar-refractivity contribution in [3.63, 3.8) is 0 Å². The Kier molecular flexibility index (Phi) is 5.84. The van der Waals surface area contributed by atoms with Crippen LogP contribution in [0.2, 0.25) is 0 Å². The summed E-state index contributed by atoms with van der Waals surface area (Å²) in [5, 5.41) is 8.75. The van der Waals surface area contributed by atoms with Crippen LogP contribution in [0.5, 0.6) is 0 Å². The lowest BCUT2D eigenvalue weighted by Crippen LogP contribution is -2.29. The molecule has 0 aliphatic carbocycles. The van der Waals surface area contributed by atoms with Crippen molar-refractivity contribution >= 4 is 27.8 Å². The second-order valence-corrected chi connectivity index (χ2v) is 6.92. The molecule has 0 heterocycles. The van der Waals surface area contributed by atoms with E-state index in [1.165, 1.54) is 24.3 Å². The molecule has 1 rings (SSSR count). The Morgan fingerprint density at radius 2 is 1.95 bits per heavy atom. The Labute approximate surface area is 117 Å². The first-order valence-corrected chi connectivity index (χ1v) is 8.56. The van der Waals surface area contributed by atoms with Crippen LogP contribution in [-0.4, -0.2) is 38.0 Å². The second-order valence-electron chi connectivity index (χ2n) is 4.24. The van der Waals surface area contributed by atoms with Gasteiger partial charge in [-0.05, 0) is 42.2 Å². The normalized spacial score (nSPS) is 13.2. The molecule has 1 aromatic rings. The molecule has 0 fully saturated rings. The summed E-state index contributed by atoms with van der Waals surface area (Å²) in [5.74, 6) is 0.0362. The van der Waals surface area contributed by atoms with E-state index in [2.05, 4.69) is 4.72 Å². The van der Waals surface area contributed by atoms with E-state index in [0.29, 0.717) is 6.54 Å². The van der Waals surface area contributed by atoms with E-state index in [0.717, 1.165) is 5.75 Å². The first-order valence-electron chi connectivity index (χ1n) is 5.69. The number of thioether (sulfide) groups is 1. The molecule has 0 spiro atoms. The van der Waals surface area contributed by atoms with Gasteiger partial charge in [-0.3, -0.25) is 0 Å². The molecule has 1 atom stereocenters. The van der Waals surface area contributed by atoms with E-state index in [1.54, 1.807) is 11.8 Å². The average Bonchev–Trinajstić information content (AvgIpc) is 2.37. The van der Waals surface area contributed by atoms with Gasteiger partial charge in [0.1, 0.15) is 0 Å². The summed E-state index contributed by atoms with van der Waals surface area (Å²) in [6.45, 7) is 2.33. The Morgan fingerprint density at radius 1 is 1.37 bits per heavy atom.